The average Bonchev–Trinajstić information content (AvgIpc) is 2.47. The second-order valence-corrected chi connectivity index (χ2v) is 3.77. The van der Waals surface area contributed by atoms with Crippen LogP contribution in [-0.4, -0.2) is 9.97 Å². The zero-order chi connectivity index (χ0) is 9.42. The van der Waals surface area contributed by atoms with Crippen molar-refractivity contribution in [3.05, 3.63) is 34.2 Å². The Morgan fingerprint density at radius 1 is 1.54 bits per heavy atom. The lowest BCUT2D eigenvalue weighted by Gasteiger charge is -1.93. The van der Waals surface area contributed by atoms with Crippen molar-refractivity contribution in [1.82, 2.24) is 9.97 Å². The van der Waals surface area contributed by atoms with E-state index in [-0.39, 0.29) is 0 Å². The Bertz CT molecular complexity index is 476. The van der Waals surface area contributed by atoms with Crippen molar-refractivity contribution in [1.29, 1.82) is 0 Å². The molecular weight excluding hydrogens is 251 g/mol. The van der Waals surface area contributed by atoms with Crippen molar-refractivity contribution in [2.75, 3.05) is 0 Å². The van der Waals surface area contributed by atoms with Crippen molar-refractivity contribution in [3.8, 4) is 0 Å². The molecule has 0 saturated carbocycles. The summed E-state index contributed by atoms with van der Waals surface area (Å²) >= 11 is 9.12. The number of fused-ring (bicyclic) bond motifs is 1. The molecule has 13 heavy (non-hydrogen) atoms. The van der Waals surface area contributed by atoms with Gasteiger partial charge in [0, 0.05) is 11.1 Å². The predicted molar refractivity (Wildman–Crippen MR) is 58.9 cm³/mol. The van der Waals surface area contributed by atoms with Gasteiger partial charge < -0.3 is 4.98 Å². The molecular formula is C9H6BrClN2. The second-order valence-electron chi connectivity index (χ2n) is 2.63. The van der Waals surface area contributed by atoms with E-state index in [0.29, 0.717) is 5.15 Å². The number of pyridine rings is 1. The summed E-state index contributed by atoms with van der Waals surface area (Å²) in [6, 6.07) is 3.78. The summed E-state index contributed by atoms with van der Waals surface area (Å²) in [7, 11) is 0. The van der Waals surface area contributed by atoms with Crippen LogP contribution in [0.3, 0.4) is 0 Å². The van der Waals surface area contributed by atoms with Gasteiger partial charge in [0.1, 0.15) is 9.76 Å². The van der Waals surface area contributed by atoms with Gasteiger partial charge in [-0.3, -0.25) is 0 Å². The van der Waals surface area contributed by atoms with Gasteiger partial charge in [-0.25, -0.2) is 4.98 Å². The fourth-order valence-electron chi connectivity index (χ4n) is 1.20. The molecule has 1 N–H and O–H groups in total. The van der Waals surface area contributed by atoms with Gasteiger partial charge in [0.25, 0.3) is 0 Å². The third kappa shape index (κ3) is 1.49. The van der Waals surface area contributed by atoms with Gasteiger partial charge in [0.05, 0.1) is 5.52 Å². The minimum absolute atomic E-state index is 0.481. The van der Waals surface area contributed by atoms with Gasteiger partial charge in [-0.05, 0) is 34.1 Å². The number of hydrogen-bond acceptors (Lipinski definition) is 1. The van der Waals surface area contributed by atoms with Gasteiger partial charge in [-0.2, -0.15) is 0 Å². The van der Waals surface area contributed by atoms with Crippen LogP contribution in [0.25, 0.3) is 17.0 Å². The molecule has 0 aliphatic carbocycles. The first-order valence-corrected chi connectivity index (χ1v) is 4.85. The molecule has 0 saturated heterocycles. The zero-order valence-electron chi connectivity index (χ0n) is 6.64. The maximum atomic E-state index is 5.80. The van der Waals surface area contributed by atoms with E-state index in [2.05, 4.69) is 32.5 Å². The highest BCUT2D eigenvalue weighted by molar-refractivity contribution is 9.10. The largest absolute Gasteiger partial charge is 0.353 e. The highest BCUT2D eigenvalue weighted by Crippen LogP contribution is 2.25. The molecule has 0 aromatic carbocycles. The Morgan fingerprint density at radius 2 is 2.31 bits per heavy atom. The SMILES string of the molecule is C=Cc1cc2cc(Cl)nc(Br)c2[nH]1. The molecule has 2 aromatic rings. The standard InChI is InChI=1S/C9H6BrClN2/c1-2-6-3-5-4-7(11)13-9(10)8(5)12-6/h2-4,12H,1H2. The smallest absolute Gasteiger partial charge is 0.131 e. The summed E-state index contributed by atoms with van der Waals surface area (Å²) in [5.74, 6) is 0. The van der Waals surface area contributed by atoms with Crippen LogP contribution in [0.4, 0.5) is 0 Å². The Kier molecular flexibility index (Phi) is 2.14. The van der Waals surface area contributed by atoms with Gasteiger partial charge >= 0.3 is 0 Å². The molecule has 0 radical (unpaired) electrons. The topological polar surface area (TPSA) is 28.7 Å². The first-order valence-electron chi connectivity index (χ1n) is 3.68. The van der Waals surface area contributed by atoms with Crippen LogP contribution in [0.15, 0.2) is 23.3 Å². The van der Waals surface area contributed by atoms with Gasteiger partial charge in [0.15, 0.2) is 0 Å². The van der Waals surface area contributed by atoms with Gasteiger partial charge in [-0.1, -0.05) is 18.2 Å². The molecule has 4 heteroatoms. The van der Waals surface area contributed by atoms with Crippen LogP contribution in [0.2, 0.25) is 5.15 Å². The average molecular weight is 258 g/mol. The molecule has 0 atom stereocenters. The summed E-state index contributed by atoms with van der Waals surface area (Å²) in [4.78, 5) is 7.22. The van der Waals surface area contributed by atoms with E-state index in [1.165, 1.54) is 0 Å². The lowest BCUT2D eigenvalue weighted by molar-refractivity contribution is 1.29. The number of nitrogens with zero attached hydrogens (tertiary/aromatic N) is 1. The number of hydrogen-bond donors (Lipinski definition) is 1. The minimum atomic E-state index is 0.481. The molecule has 0 fully saturated rings. The predicted octanol–water partition coefficient (Wildman–Crippen LogP) is 3.62. The van der Waals surface area contributed by atoms with Gasteiger partial charge in [-0.15, -0.1) is 0 Å². The number of aromatic amines is 1. The molecule has 0 aliphatic heterocycles. The van der Waals surface area contributed by atoms with Crippen molar-refractivity contribution >= 4 is 44.5 Å². The van der Waals surface area contributed by atoms with E-state index in [1.807, 2.05) is 12.1 Å². The van der Waals surface area contributed by atoms with Crippen LogP contribution in [0.5, 0.6) is 0 Å². The van der Waals surface area contributed by atoms with E-state index < -0.39 is 0 Å². The normalized spacial score (nSPS) is 10.6. The van der Waals surface area contributed by atoms with Crippen LogP contribution < -0.4 is 0 Å². The van der Waals surface area contributed by atoms with Crippen molar-refractivity contribution in [2.24, 2.45) is 0 Å². The number of H-pyrrole nitrogens is 1. The zero-order valence-corrected chi connectivity index (χ0v) is 8.98. The van der Waals surface area contributed by atoms with Crippen LogP contribution >= 0.6 is 27.5 Å². The molecule has 0 amide bonds. The molecule has 2 heterocycles. The summed E-state index contributed by atoms with van der Waals surface area (Å²) < 4.78 is 0.725. The molecule has 66 valence electrons. The Labute approximate surface area is 88.8 Å². The molecule has 2 aromatic heterocycles. The summed E-state index contributed by atoms with van der Waals surface area (Å²) in [6.45, 7) is 3.68. The molecule has 2 rings (SSSR count). The second kappa shape index (κ2) is 3.16. The lowest BCUT2D eigenvalue weighted by atomic mass is 10.3. The summed E-state index contributed by atoms with van der Waals surface area (Å²) in [5.41, 5.74) is 1.90. The first-order chi connectivity index (χ1) is 6.20. The van der Waals surface area contributed by atoms with Crippen LogP contribution in [0.1, 0.15) is 5.69 Å². The van der Waals surface area contributed by atoms with Crippen molar-refractivity contribution in [2.45, 2.75) is 0 Å². The van der Waals surface area contributed by atoms with E-state index in [0.717, 1.165) is 21.2 Å². The lowest BCUT2D eigenvalue weighted by Crippen LogP contribution is -1.78. The maximum Gasteiger partial charge on any atom is 0.131 e. The number of aromatic nitrogens is 2. The number of nitrogens with one attached hydrogen (secondary N) is 1. The van der Waals surface area contributed by atoms with E-state index in [9.17, 15) is 0 Å². The van der Waals surface area contributed by atoms with E-state index >= 15 is 0 Å². The van der Waals surface area contributed by atoms with E-state index in [1.54, 1.807) is 6.08 Å². The first kappa shape index (κ1) is 8.78. The third-order valence-electron chi connectivity index (χ3n) is 1.77. The Morgan fingerprint density at radius 3 is 3.00 bits per heavy atom. The molecule has 0 aliphatic rings. The Balaban J connectivity index is 2.82. The fraction of sp³-hybridized carbons (Fsp3) is 0. The van der Waals surface area contributed by atoms with Crippen molar-refractivity contribution in [3.63, 3.8) is 0 Å². The maximum absolute atomic E-state index is 5.80. The Hall–Kier alpha value is -0.800. The molecule has 0 bridgehead atoms. The monoisotopic (exact) mass is 256 g/mol. The number of halogens is 2. The highest BCUT2D eigenvalue weighted by Gasteiger charge is 2.04. The summed E-state index contributed by atoms with van der Waals surface area (Å²) in [6.07, 6.45) is 1.75. The van der Waals surface area contributed by atoms with Gasteiger partial charge in [0.2, 0.25) is 0 Å². The molecule has 0 spiro atoms. The molecule has 0 unspecified atom stereocenters. The van der Waals surface area contributed by atoms with Crippen LogP contribution in [0, 0.1) is 0 Å². The van der Waals surface area contributed by atoms with E-state index in [4.69, 9.17) is 11.6 Å². The van der Waals surface area contributed by atoms with Crippen molar-refractivity contribution < 1.29 is 0 Å². The van der Waals surface area contributed by atoms with Crippen LogP contribution in [-0.2, 0) is 0 Å². The minimum Gasteiger partial charge on any atom is -0.353 e. The molecule has 2 nitrogen and oxygen atoms in total. The summed E-state index contributed by atoms with van der Waals surface area (Å²) in [5, 5.41) is 1.51. The highest BCUT2D eigenvalue weighted by atomic mass is 79.9. The number of rotatable bonds is 1. The third-order valence-corrected chi connectivity index (χ3v) is 2.54. The fourth-order valence-corrected chi connectivity index (χ4v) is 2.02. The quantitative estimate of drug-likeness (QED) is 0.777.